The zero-order valence-corrected chi connectivity index (χ0v) is 29.0. The molecule has 8 rings (SSSR count). The van der Waals surface area contributed by atoms with Crippen LogP contribution in [0.4, 0.5) is 24.7 Å². The molecule has 6 heterocycles. The number of nitriles is 1. The first-order valence-corrected chi connectivity index (χ1v) is 17.2. The number of benzene rings is 2. The van der Waals surface area contributed by atoms with Crippen LogP contribution in [-0.4, -0.2) is 90.9 Å². The number of phenols is 1. The minimum Gasteiger partial charge on any atom is -0.508 e. The molecule has 12 nitrogen and oxygen atoms in total. The van der Waals surface area contributed by atoms with E-state index < -0.39 is 35.3 Å². The molecule has 1 N–H and O–H groups in total. The van der Waals surface area contributed by atoms with Gasteiger partial charge < -0.3 is 24.5 Å². The second-order valence-electron chi connectivity index (χ2n) is 14.0. The standard InChI is InChI=1S/C39H32F3N9O3/c1-4-27-30(41)7-6-21-9-26(52)10-28(33(21)27)35-34(42)36-29(15-46-35)37(49-17-24-8-22(12-43)31(18-49)51(24)32(53)5-2)48-38(47-36)54-19-39(3)11-23(40)16-50(39)25-13-44-20-45-14-25/h1,5-7,9-10,13-15,20,22-24,31,52H,2,8,11,16-19H2,3H3/t22?,23-,24-,31-,39+/m1/s1. The first kappa shape index (κ1) is 34.6. The van der Waals surface area contributed by atoms with Gasteiger partial charge >= 0.3 is 6.01 Å². The van der Waals surface area contributed by atoms with Crippen molar-refractivity contribution in [3.63, 3.8) is 0 Å². The zero-order chi connectivity index (χ0) is 37.9. The van der Waals surface area contributed by atoms with E-state index in [4.69, 9.17) is 16.1 Å². The summed E-state index contributed by atoms with van der Waals surface area (Å²) in [5, 5.41) is 21.3. The van der Waals surface area contributed by atoms with Gasteiger partial charge in [-0.1, -0.05) is 18.6 Å². The number of ether oxygens (including phenoxy) is 1. The third-order valence-corrected chi connectivity index (χ3v) is 10.6. The van der Waals surface area contributed by atoms with Crippen molar-refractivity contribution in [1.82, 2.24) is 29.8 Å². The summed E-state index contributed by atoms with van der Waals surface area (Å²) in [5.41, 5.74) is -0.839. The molecule has 0 saturated carbocycles. The van der Waals surface area contributed by atoms with Crippen molar-refractivity contribution in [2.24, 2.45) is 5.92 Å². The van der Waals surface area contributed by atoms with Gasteiger partial charge in [-0.2, -0.15) is 15.2 Å². The lowest BCUT2D eigenvalue weighted by Gasteiger charge is -2.41. The van der Waals surface area contributed by atoms with Crippen LogP contribution in [-0.2, 0) is 4.79 Å². The number of nitrogens with zero attached hydrogens (tertiary/aromatic N) is 9. The lowest BCUT2D eigenvalue weighted by Crippen LogP contribution is -2.56. The molecule has 3 aliphatic rings. The number of carbonyl (C=O) groups excluding carboxylic acids is 1. The van der Waals surface area contributed by atoms with Crippen LogP contribution in [0.25, 0.3) is 32.9 Å². The number of carbonyl (C=O) groups is 1. The van der Waals surface area contributed by atoms with Crippen molar-refractivity contribution in [2.45, 2.75) is 43.6 Å². The summed E-state index contributed by atoms with van der Waals surface area (Å²) in [4.78, 5) is 40.1. The third kappa shape index (κ3) is 5.64. The second kappa shape index (κ2) is 13.2. The average Bonchev–Trinajstić information content (AvgIpc) is 3.60. The maximum Gasteiger partial charge on any atom is 0.319 e. The van der Waals surface area contributed by atoms with Gasteiger partial charge in [0.25, 0.3) is 0 Å². The highest BCUT2D eigenvalue weighted by molar-refractivity contribution is 6.03. The molecule has 3 fully saturated rings. The number of anilines is 2. The Balaban J connectivity index is 1.26. The summed E-state index contributed by atoms with van der Waals surface area (Å²) in [6.45, 7) is 5.88. The molecule has 3 saturated heterocycles. The number of terminal acetylenes is 1. The van der Waals surface area contributed by atoms with E-state index in [0.717, 1.165) is 0 Å². The van der Waals surface area contributed by atoms with Crippen LogP contribution < -0.4 is 14.5 Å². The van der Waals surface area contributed by atoms with E-state index >= 15 is 4.39 Å². The number of hydrogen-bond acceptors (Lipinski definition) is 11. The number of halogens is 3. The van der Waals surface area contributed by atoms with Gasteiger partial charge in [0.1, 0.15) is 47.7 Å². The van der Waals surface area contributed by atoms with Crippen LogP contribution in [0.1, 0.15) is 25.3 Å². The van der Waals surface area contributed by atoms with Crippen molar-refractivity contribution >= 4 is 39.1 Å². The number of amides is 1. The van der Waals surface area contributed by atoms with Gasteiger partial charge in [-0.05, 0) is 43.0 Å². The number of rotatable bonds is 7. The van der Waals surface area contributed by atoms with E-state index in [1.807, 2.05) is 16.7 Å². The summed E-state index contributed by atoms with van der Waals surface area (Å²) in [6, 6.07) is 6.48. The topological polar surface area (TPSA) is 144 Å². The summed E-state index contributed by atoms with van der Waals surface area (Å²) >= 11 is 0. The number of aromatic hydroxyl groups is 1. The Kier molecular flexibility index (Phi) is 8.44. The Morgan fingerprint density at radius 1 is 1.19 bits per heavy atom. The molecule has 3 aromatic heterocycles. The average molecular weight is 732 g/mol. The number of aromatic nitrogens is 5. The van der Waals surface area contributed by atoms with Crippen LogP contribution in [0.3, 0.4) is 0 Å². The van der Waals surface area contributed by atoms with Gasteiger partial charge in [-0.25, -0.2) is 23.1 Å². The molecule has 0 radical (unpaired) electrons. The number of hydrogen-bond donors (Lipinski definition) is 1. The normalized spacial score (nSPS) is 23.4. The molecule has 3 aliphatic heterocycles. The first-order valence-electron chi connectivity index (χ1n) is 17.2. The molecule has 0 spiro atoms. The largest absolute Gasteiger partial charge is 0.508 e. The van der Waals surface area contributed by atoms with Crippen LogP contribution >= 0.6 is 0 Å². The van der Waals surface area contributed by atoms with Crippen molar-refractivity contribution < 1.29 is 27.8 Å². The van der Waals surface area contributed by atoms with Gasteiger partial charge in [0.2, 0.25) is 5.91 Å². The highest BCUT2D eigenvalue weighted by Gasteiger charge is 2.49. The SMILES string of the molecule is C#Cc1c(F)ccc2cc(O)cc(-c3ncc4c(N5C[C@H]6CC(C#N)[C@@H](C5)N6C(=O)C=C)nc(OC[C@]5(C)C[C@@H](F)CN5c5cncnc5)nc4c3F)c12. The van der Waals surface area contributed by atoms with Crippen molar-refractivity contribution in [3.05, 3.63) is 79.0 Å². The fraction of sp³-hybridized carbons (Fsp3) is 0.308. The molecular weight excluding hydrogens is 699 g/mol. The molecule has 54 heavy (non-hydrogen) atoms. The number of phenolic OH excluding ortho intramolecular Hbond substituents is 1. The second-order valence-corrected chi connectivity index (χ2v) is 14.0. The highest BCUT2D eigenvalue weighted by Crippen LogP contribution is 2.42. The number of pyridine rings is 1. The Bertz CT molecular complexity index is 2440. The predicted octanol–water partition coefficient (Wildman–Crippen LogP) is 5.10. The van der Waals surface area contributed by atoms with Crippen molar-refractivity contribution in [1.29, 1.82) is 5.26 Å². The maximum absolute atomic E-state index is 17.1. The Hall–Kier alpha value is -6.48. The molecule has 5 atom stereocenters. The minimum absolute atomic E-state index is 0.0408. The summed E-state index contributed by atoms with van der Waals surface area (Å²) in [7, 11) is 0. The van der Waals surface area contributed by atoms with Crippen LogP contribution in [0.5, 0.6) is 11.8 Å². The first-order chi connectivity index (χ1) is 26.0. The van der Waals surface area contributed by atoms with Gasteiger partial charge in [0.15, 0.2) is 5.82 Å². The van der Waals surface area contributed by atoms with Crippen LogP contribution in [0.2, 0.25) is 0 Å². The predicted molar refractivity (Wildman–Crippen MR) is 193 cm³/mol. The van der Waals surface area contributed by atoms with E-state index in [2.05, 4.69) is 38.5 Å². The van der Waals surface area contributed by atoms with E-state index in [9.17, 15) is 23.9 Å². The molecule has 15 heteroatoms. The van der Waals surface area contributed by atoms with E-state index in [-0.39, 0.29) is 95.3 Å². The Labute approximate surface area is 307 Å². The van der Waals surface area contributed by atoms with E-state index in [1.54, 1.807) is 17.3 Å². The fourth-order valence-corrected chi connectivity index (χ4v) is 8.26. The van der Waals surface area contributed by atoms with Gasteiger partial charge in [-0.3, -0.25) is 9.78 Å². The molecule has 2 aromatic carbocycles. The highest BCUT2D eigenvalue weighted by atomic mass is 19.1. The smallest absolute Gasteiger partial charge is 0.319 e. The van der Waals surface area contributed by atoms with E-state index in [1.165, 1.54) is 42.9 Å². The molecule has 5 aromatic rings. The summed E-state index contributed by atoms with van der Waals surface area (Å²) in [6.07, 6.45) is 12.2. The van der Waals surface area contributed by atoms with Gasteiger partial charge in [0.05, 0.1) is 65.2 Å². The number of alkyl halides is 1. The van der Waals surface area contributed by atoms with Crippen LogP contribution in [0.15, 0.2) is 61.8 Å². The van der Waals surface area contributed by atoms with Gasteiger partial charge in [0, 0.05) is 36.7 Å². The Morgan fingerprint density at radius 2 is 1.98 bits per heavy atom. The molecule has 2 bridgehead atoms. The Morgan fingerprint density at radius 3 is 2.72 bits per heavy atom. The third-order valence-electron chi connectivity index (χ3n) is 10.6. The lowest BCUT2D eigenvalue weighted by molar-refractivity contribution is -0.129. The lowest BCUT2D eigenvalue weighted by atomic mass is 9.96. The van der Waals surface area contributed by atoms with Crippen LogP contribution in [0, 0.1) is 41.2 Å². The zero-order valence-electron chi connectivity index (χ0n) is 29.0. The maximum atomic E-state index is 17.1. The molecule has 1 unspecified atom stereocenters. The van der Waals surface area contributed by atoms with E-state index in [0.29, 0.717) is 17.5 Å². The molecule has 0 aliphatic carbocycles. The van der Waals surface area contributed by atoms with Crippen molar-refractivity contribution in [3.8, 4) is 41.4 Å². The molecular formula is C39H32F3N9O3. The molecule has 1 amide bonds. The fourth-order valence-electron chi connectivity index (χ4n) is 8.26. The molecule has 272 valence electrons. The number of piperazine rings is 1. The quantitative estimate of drug-likeness (QED) is 0.176. The summed E-state index contributed by atoms with van der Waals surface area (Å²) < 4.78 is 53.3. The van der Waals surface area contributed by atoms with Gasteiger partial charge in [-0.15, -0.1) is 6.42 Å². The minimum atomic E-state index is -1.18. The van der Waals surface area contributed by atoms with Crippen molar-refractivity contribution in [2.75, 3.05) is 36.0 Å². The number of fused-ring (bicyclic) bond motifs is 4. The summed E-state index contributed by atoms with van der Waals surface area (Å²) in [5.74, 6) is -0.00966. The monoisotopic (exact) mass is 731 g/mol.